The van der Waals surface area contributed by atoms with Crippen molar-refractivity contribution in [3.8, 4) is 56.3 Å². The first-order valence-corrected chi connectivity index (χ1v) is 40.4. The molecule has 0 aliphatic heterocycles. The zero-order valence-corrected chi connectivity index (χ0v) is 70.9. The summed E-state index contributed by atoms with van der Waals surface area (Å²) in [6.45, 7) is 30.3. The van der Waals surface area contributed by atoms with Gasteiger partial charge in [-0.1, -0.05) is 147 Å². The molecule has 0 N–H and O–H groups in total. The molecular weight excluding hydrogens is 1440 g/mol. The number of pyridine rings is 5. The van der Waals surface area contributed by atoms with Gasteiger partial charge in [-0.15, -0.1) is 0 Å². The lowest BCUT2D eigenvalue weighted by molar-refractivity contribution is -0.660. The predicted molar refractivity (Wildman–Crippen MR) is 482 cm³/mol. The SMILES string of the molecule is Cc1cc(-c2c(C)cc(C)c3c2oc2ccccc23)[n+](C)cc1C.Cc1cc(-c2c(C)ccc3c2oc2ccccc23)[n+](C)cc1C.Cc1cc(C)c2c(oc3ccccc32)c1-c1cc(C(C)C)cc[n+]1C.Cc1ccc(-c2c(C)cc(C)c3c2oc2ccccc23)[n+](C)c1.[2H]C([2H])([2H])c1ccc(-c2c(C)ccc3c2oc2ccccc23)[n+](C)c1. The third kappa shape index (κ3) is 14.3. The molecule has 10 heteroatoms. The van der Waals surface area contributed by atoms with Crippen molar-refractivity contribution in [3.05, 3.63) is 327 Å². The molecule has 10 heterocycles. The van der Waals surface area contributed by atoms with E-state index in [2.05, 4.69) is 308 Å². The van der Waals surface area contributed by atoms with E-state index in [0.29, 0.717) is 11.5 Å². The quantitative estimate of drug-likeness (QED) is 0.155. The summed E-state index contributed by atoms with van der Waals surface area (Å²) in [5, 5.41) is 11.8. The maximum Gasteiger partial charge on any atom is 0.216 e. The molecule has 0 aliphatic carbocycles. The third-order valence-corrected chi connectivity index (χ3v) is 23.7. The minimum absolute atomic E-state index is 0.327. The molecule has 0 spiro atoms. The van der Waals surface area contributed by atoms with Gasteiger partial charge < -0.3 is 22.1 Å². The van der Waals surface area contributed by atoms with Gasteiger partial charge in [-0.3, -0.25) is 0 Å². The van der Waals surface area contributed by atoms with E-state index in [0.717, 1.165) is 83.4 Å². The number of fused-ring (bicyclic) bond motifs is 15. The maximum atomic E-state index is 7.59. The maximum absolute atomic E-state index is 7.59. The number of rotatable bonds is 6. The van der Waals surface area contributed by atoms with Gasteiger partial charge in [-0.25, -0.2) is 22.8 Å². The lowest BCUT2D eigenvalue weighted by Crippen LogP contribution is -2.31. The molecule has 117 heavy (non-hydrogen) atoms. The van der Waals surface area contributed by atoms with Gasteiger partial charge in [0.25, 0.3) is 0 Å². The van der Waals surface area contributed by atoms with Crippen molar-refractivity contribution >= 4 is 110 Å². The van der Waals surface area contributed by atoms with E-state index in [9.17, 15) is 0 Å². The average Bonchev–Trinajstić information content (AvgIpc) is 0.877. The van der Waals surface area contributed by atoms with Crippen LogP contribution in [0.15, 0.2) is 265 Å². The predicted octanol–water partition coefficient (Wildman–Crippen LogP) is 25.8. The molecule has 10 aromatic heterocycles. The lowest BCUT2D eigenvalue weighted by atomic mass is 9.95. The smallest absolute Gasteiger partial charge is 0.216 e. The van der Waals surface area contributed by atoms with Crippen molar-refractivity contribution in [2.24, 2.45) is 35.2 Å². The first kappa shape index (κ1) is 74.1. The van der Waals surface area contributed by atoms with Crippen molar-refractivity contribution in [1.29, 1.82) is 0 Å². The van der Waals surface area contributed by atoms with Gasteiger partial charge in [0.2, 0.25) is 28.5 Å². The Labute approximate surface area is 689 Å². The standard InChI is InChI=1S/C23H24NO.C22H22NO.2C21H20NO.C20H18NO/c1-14(2)17-10-11-24(5)19(13-17)22-16(4)12-15(3)21-18-8-6-7-9-20(18)25-23(21)22;1-13-11-18(23(5)12-16(13)4)21-15(3)10-14(2)20-17-8-6-7-9-19(17)24-22(20)21;1-13-9-10-17-16-7-5-6-8-19(16)23-21(17)20(13)18-11-14(2)15(3)12-22(18)4;1-13-9-10-17(22(4)12-13)20-15(3)11-14(2)19-16-7-5-6-8-18(16)23-21(19)20;1-13-8-11-17(21(3)12-13)19-14(2)9-10-16-15-6-4-5-7-18(15)22-20(16)19/h6-14H,1-5H3;6-12H,1-5H3;2*5-12H,1-4H3;4-12H,1-3H3/q5*+1/i;;;;1D3. The Morgan fingerprint density at radius 3 is 0.949 bits per heavy atom. The van der Waals surface area contributed by atoms with Crippen LogP contribution in [0.2, 0.25) is 0 Å². The van der Waals surface area contributed by atoms with Crippen molar-refractivity contribution in [1.82, 2.24) is 0 Å². The van der Waals surface area contributed by atoms with Crippen LogP contribution < -0.4 is 22.8 Å². The molecule has 582 valence electrons. The molecule has 0 fully saturated rings. The van der Waals surface area contributed by atoms with Gasteiger partial charge in [-0.05, 0) is 206 Å². The molecule has 10 aromatic carbocycles. The monoisotopic (exact) mass is 1540 g/mol. The van der Waals surface area contributed by atoms with Crippen LogP contribution in [0.25, 0.3) is 166 Å². The minimum Gasteiger partial charge on any atom is -0.455 e. The zero-order chi connectivity index (χ0) is 84.8. The summed E-state index contributed by atoms with van der Waals surface area (Å²) in [6, 6.07) is 73.3. The second-order valence-electron chi connectivity index (χ2n) is 32.5. The normalized spacial score (nSPS) is 12.0. The highest BCUT2D eigenvalue weighted by Gasteiger charge is 2.29. The zero-order valence-electron chi connectivity index (χ0n) is 73.9. The van der Waals surface area contributed by atoms with Crippen molar-refractivity contribution in [3.63, 3.8) is 0 Å². The summed E-state index contributed by atoms with van der Waals surface area (Å²) in [7, 11) is 10.3. The van der Waals surface area contributed by atoms with E-state index < -0.39 is 6.85 Å². The molecule has 0 amide bonds. The van der Waals surface area contributed by atoms with E-state index in [1.54, 1.807) is 12.3 Å². The number of furan rings is 5. The molecular formula is C107H104N5O5+5. The Balaban J connectivity index is 0.000000112. The summed E-state index contributed by atoms with van der Waals surface area (Å²) in [5.74, 6) is 0.497. The van der Waals surface area contributed by atoms with Crippen molar-refractivity contribution < 1.29 is 49.0 Å². The van der Waals surface area contributed by atoms with Gasteiger partial charge in [0.1, 0.15) is 91.1 Å². The van der Waals surface area contributed by atoms with Gasteiger partial charge in [0.05, 0.1) is 27.8 Å². The van der Waals surface area contributed by atoms with Gasteiger partial charge in [-0.2, -0.15) is 0 Å². The van der Waals surface area contributed by atoms with Crippen LogP contribution in [-0.4, -0.2) is 0 Å². The van der Waals surface area contributed by atoms with Gasteiger partial charge in [0, 0.05) is 117 Å². The molecule has 20 rings (SSSR count). The first-order chi connectivity index (χ1) is 57.4. The van der Waals surface area contributed by atoms with Crippen LogP contribution in [-0.2, 0) is 35.2 Å². The van der Waals surface area contributed by atoms with Crippen LogP contribution in [0.5, 0.6) is 0 Å². The fourth-order valence-corrected chi connectivity index (χ4v) is 17.5. The van der Waals surface area contributed by atoms with Gasteiger partial charge >= 0.3 is 0 Å². The Hall–Kier alpha value is -13.1. The molecule has 0 unspecified atom stereocenters. The summed E-state index contributed by atoms with van der Waals surface area (Å²) in [5.41, 5.74) is 38.9. The number of hydrogen-bond acceptors (Lipinski definition) is 5. The second-order valence-corrected chi connectivity index (χ2v) is 32.5. The number of para-hydroxylation sites is 5. The number of aromatic nitrogens is 5. The van der Waals surface area contributed by atoms with E-state index in [4.69, 9.17) is 26.2 Å². The minimum atomic E-state index is -2.11. The summed E-state index contributed by atoms with van der Waals surface area (Å²) in [4.78, 5) is 0. The van der Waals surface area contributed by atoms with E-state index >= 15 is 0 Å². The van der Waals surface area contributed by atoms with Gasteiger partial charge in [0.15, 0.2) is 31.0 Å². The molecule has 10 nitrogen and oxygen atoms in total. The van der Waals surface area contributed by atoms with Crippen LogP contribution in [0, 0.1) is 96.9 Å². The lowest BCUT2D eigenvalue weighted by Gasteiger charge is -2.10. The Morgan fingerprint density at radius 1 is 0.248 bits per heavy atom. The first-order valence-electron chi connectivity index (χ1n) is 41.9. The number of nitrogens with zero attached hydrogens (tertiary/aromatic N) is 5. The van der Waals surface area contributed by atoms with Crippen LogP contribution in [0.3, 0.4) is 0 Å². The molecule has 0 aliphatic rings. The van der Waals surface area contributed by atoms with Crippen LogP contribution >= 0.6 is 0 Å². The largest absolute Gasteiger partial charge is 0.455 e. The second kappa shape index (κ2) is 31.3. The molecule has 0 saturated heterocycles. The molecule has 0 atom stereocenters. The van der Waals surface area contributed by atoms with Crippen molar-refractivity contribution in [2.75, 3.05) is 0 Å². The highest BCUT2D eigenvalue weighted by molar-refractivity contribution is 6.15. The number of aryl methyl sites for hydroxylation is 19. The number of benzene rings is 10. The number of hydrogen-bond donors (Lipinski definition) is 0. The summed E-state index contributed by atoms with van der Waals surface area (Å²) in [6.07, 6.45) is 10.4. The Bertz CT molecular complexity index is 7490. The van der Waals surface area contributed by atoms with E-state index in [-0.39, 0.29) is 0 Å². The van der Waals surface area contributed by atoms with Crippen LogP contribution in [0.4, 0.5) is 0 Å². The molecule has 0 bridgehead atoms. The van der Waals surface area contributed by atoms with Crippen LogP contribution in [0.1, 0.15) is 107 Å². The fraction of sp³-hybridized carbons (Fsp3) is 0.206. The topological polar surface area (TPSA) is 85.1 Å². The van der Waals surface area contributed by atoms with E-state index in [1.165, 1.54) is 160 Å². The molecule has 20 aromatic rings. The van der Waals surface area contributed by atoms with Crippen molar-refractivity contribution in [2.45, 2.75) is 117 Å². The Morgan fingerprint density at radius 2 is 0.564 bits per heavy atom. The summed E-state index contributed by atoms with van der Waals surface area (Å²) < 4.78 is 64.7. The molecule has 0 saturated carbocycles. The average molecular weight is 1540 g/mol. The van der Waals surface area contributed by atoms with E-state index in [1.807, 2.05) is 85.3 Å². The summed E-state index contributed by atoms with van der Waals surface area (Å²) >= 11 is 0. The molecule has 0 radical (unpaired) electrons. The highest BCUT2D eigenvalue weighted by atomic mass is 16.3. The highest BCUT2D eigenvalue weighted by Crippen LogP contribution is 2.45. The third-order valence-electron chi connectivity index (χ3n) is 23.7. The Kier molecular flexibility index (Phi) is 19.8. The fourth-order valence-electron chi connectivity index (χ4n) is 17.5.